The molecule has 0 aliphatic heterocycles. The third-order valence-electron chi connectivity index (χ3n) is 1.25. The third kappa shape index (κ3) is 7.31. The van der Waals surface area contributed by atoms with E-state index >= 15 is 0 Å². The third-order valence-corrected chi connectivity index (χ3v) is 1.47. The molecule has 5 nitrogen and oxygen atoms in total. The molecule has 0 aliphatic rings. The predicted octanol–water partition coefficient (Wildman–Crippen LogP) is 0.194. The molecule has 0 aromatic carbocycles. The second-order valence-electron chi connectivity index (χ2n) is 2.36. The molecular formula is C8H13N3O2S. The van der Waals surface area contributed by atoms with E-state index < -0.39 is 4.92 Å². The van der Waals surface area contributed by atoms with Gasteiger partial charge in [-0.15, -0.1) is 12.3 Å². The fourth-order valence-corrected chi connectivity index (χ4v) is 0.831. The number of nitro groups is 1. The molecule has 0 rings (SSSR count). The minimum absolute atomic E-state index is 0.360. The van der Waals surface area contributed by atoms with E-state index in [1.165, 1.54) is 0 Å². The first-order valence-corrected chi connectivity index (χ1v) is 4.71. The summed E-state index contributed by atoms with van der Waals surface area (Å²) in [6.45, 7) is 1.07. The van der Waals surface area contributed by atoms with Crippen molar-refractivity contribution in [3.8, 4) is 12.3 Å². The van der Waals surface area contributed by atoms with Crippen LogP contribution >= 0.6 is 12.6 Å². The summed E-state index contributed by atoms with van der Waals surface area (Å²) >= 11 is 3.98. The van der Waals surface area contributed by atoms with Gasteiger partial charge in [-0.05, 0) is 0 Å². The second-order valence-corrected chi connectivity index (χ2v) is 2.81. The van der Waals surface area contributed by atoms with Crippen molar-refractivity contribution in [2.75, 3.05) is 18.8 Å². The normalized spacial score (nSPS) is 10.4. The summed E-state index contributed by atoms with van der Waals surface area (Å²) in [5, 5.41) is 15.8. The Hall–Kier alpha value is -1.35. The van der Waals surface area contributed by atoms with Gasteiger partial charge in [-0.2, -0.15) is 12.6 Å². The van der Waals surface area contributed by atoms with Crippen LogP contribution in [0.3, 0.4) is 0 Å². The van der Waals surface area contributed by atoms with Crippen molar-refractivity contribution >= 4 is 12.6 Å². The number of thiol groups is 1. The summed E-state index contributed by atoms with van der Waals surface area (Å²) in [6, 6.07) is 0. The van der Waals surface area contributed by atoms with Gasteiger partial charge in [-0.3, -0.25) is 10.1 Å². The topological polar surface area (TPSA) is 67.2 Å². The maximum Gasteiger partial charge on any atom is 0.274 e. The van der Waals surface area contributed by atoms with Crippen molar-refractivity contribution in [3.63, 3.8) is 0 Å². The summed E-state index contributed by atoms with van der Waals surface area (Å²) in [4.78, 5) is 9.67. The van der Waals surface area contributed by atoms with Crippen LogP contribution in [0.5, 0.6) is 0 Å². The molecule has 0 aliphatic carbocycles. The second kappa shape index (κ2) is 8.26. The highest BCUT2D eigenvalue weighted by Crippen LogP contribution is 1.86. The average molecular weight is 215 g/mol. The molecule has 0 bridgehead atoms. The SMILES string of the molecule is C#CCCNC(=C[N+](=O)[O-])NCCS. The van der Waals surface area contributed by atoms with Crippen molar-refractivity contribution in [1.29, 1.82) is 0 Å². The Morgan fingerprint density at radius 1 is 1.57 bits per heavy atom. The number of nitrogens with one attached hydrogen (secondary N) is 2. The molecule has 0 radical (unpaired) electrons. The van der Waals surface area contributed by atoms with E-state index in [1.54, 1.807) is 0 Å². The molecule has 0 saturated heterocycles. The summed E-state index contributed by atoms with van der Waals surface area (Å²) in [7, 11) is 0. The number of rotatable bonds is 7. The maximum absolute atomic E-state index is 10.2. The molecule has 0 spiro atoms. The van der Waals surface area contributed by atoms with Crippen LogP contribution in [0.2, 0.25) is 0 Å². The van der Waals surface area contributed by atoms with Crippen molar-refractivity contribution in [2.24, 2.45) is 0 Å². The molecule has 0 aromatic rings. The van der Waals surface area contributed by atoms with Gasteiger partial charge in [0.15, 0.2) is 5.82 Å². The molecule has 6 heteroatoms. The fourth-order valence-electron chi connectivity index (χ4n) is 0.719. The van der Waals surface area contributed by atoms with Gasteiger partial charge in [0.2, 0.25) is 0 Å². The largest absolute Gasteiger partial charge is 0.366 e. The van der Waals surface area contributed by atoms with Gasteiger partial charge in [-0.25, -0.2) is 0 Å². The quantitative estimate of drug-likeness (QED) is 0.186. The van der Waals surface area contributed by atoms with Gasteiger partial charge in [0.25, 0.3) is 6.20 Å². The summed E-state index contributed by atoms with van der Waals surface area (Å²) in [5.41, 5.74) is 0. The first-order chi connectivity index (χ1) is 6.70. The molecule has 0 atom stereocenters. The van der Waals surface area contributed by atoms with Crippen molar-refractivity contribution in [2.45, 2.75) is 6.42 Å². The van der Waals surface area contributed by atoms with E-state index in [0.717, 1.165) is 6.20 Å². The van der Waals surface area contributed by atoms with Crippen LogP contribution in [0.1, 0.15) is 6.42 Å². The minimum Gasteiger partial charge on any atom is -0.366 e. The summed E-state index contributed by atoms with van der Waals surface area (Å²) in [5.74, 6) is 3.39. The van der Waals surface area contributed by atoms with E-state index in [2.05, 4.69) is 29.2 Å². The summed E-state index contributed by atoms with van der Waals surface area (Å²) < 4.78 is 0. The first-order valence-electron chi connectivity index (χ1n) is 4.08. The molecule has 0 saturated carbocycles. The number of hydrogen-bond acceptors (Lipinski definition) is 5. The van der Waals surface area contributed by atoms with Crippen LogP contribution < -0.4 is 10.6 Å². The van der Waals surface area contributed by atoms with Crippen molar-refractivity contribution < 1.29 is 4.92 Å². The van der Waals surface area contributed by atoms with E-state index in [4.69, 9.17) is 6.42 Å². The Labute approximate surface area is 88.5 Å². The Kier molecular flexibility index (Phi) is 7.46. The first kappa shape index (κ1) is 12.7. The smallest absolute Gasteiger partial charge is 0.274 e. The van der Waals surface area contributed by atoms with Gasteiger partial charge in [0.1, 0.15) is 0 Å². The Morgan fingerprint density at radius 3 is 2.71 bits per heavy atom. The molecule has 0 fully saturated rings. The molecule has 0 amide bonds. The van der Waals surface area contributed by atoms with Gasteiger partial charge >= 0.3 is 0 Å². The highest BCUT2D eigenvalue weighted by molar-refractivity contribution is 7.80. The van der Waals surface area contributed by atoms with E-state index in [9.17, 15) is 10.1 Å². The van der Waals surface area contributed by atoms with Crippen LogP contribution in [0, 0.1) is 22.5 Å². The van der Waals surface area contributed by atoms with Gasteiger partial charge in [-0.1, -0.05) is 0 Å². The maximum atomic E-state index is 10.2. The molecular weight excluding hydrogens is 202 g/mol. The van der Waals surface area contributed by atoms with Crippen molar-refractivity contribution in [1.82, 2.24) is 10.6 Å². The molecule has 0 unspecified atom stereocenters. The van der Waals surface area contributed by atoms with Crippen LogP contribution in [0.15, 0.2) is 12.0 Å². The highest BCUT2D eigenvalue weighted by atomic mass is 32.1. The van der Waals surface area contributed by atoms with E-state index in [-0.39, 0.29) is 0 Å². The molecule has 0 heterocycles. The average Bonchev–Trinajstić information content (AvgIpc) is 2.13. The molecule has 2 N–H and O–H groups in total. The van der Waals surface area contributed by atoms with Crippen LogP contribution in [0.4, 0.5) is 0 Å². The minimum atomic E-state index is -0.524. The lowest BCUT2D eigenvalue weighted by Crippen LogP contribution is -2.29. The molecule has 14 heavy (non-hydrogen) atoms. The number of terminal acetylenes is 1. The zero-order valence-corrected chi connectivity index (χ0v) is 8.59. The Morgan fingerprint density at radius 2 is 2.21 bits per heavy atom. The summed E-state index contributed by atoms with van der Waals surface area (Å²) in [6.07, 6.45) is 6.44. The van der Waals surface area contributed by atoms with Crippen LogP contribution in [-0.4, -0.2) is 23.8 Å². The fraction of sp³-hybridized carbons (Fsp3) is 0.500. The van der Waals surface area contributed by atoms with Gasteiger partial charge < -0.3 is 10.6 Å². The monoisotopic (exact) mass is 215 g/mol. The van der Waals surface area contributed by atoms with Crippen LogP contribution in [-0.2, 0) is 0 Å². The molecule has 0 aromatic heterocycles. The van der Waals surface area contributed by atoms with Gasteiger partial charge in [0, 0.05) is 25.3 Å². The van der Waals surface area contributed by atoms with Gasteiger partial charge in [0.05, 0.1) is 4.92 Å². The zero-order chi connectivity index (χ0) is 10.8. The van der Waals surface area contributed by atoms with Crippen LogP contribution in [0.25, 0.3) is 0 Å². The lowest BCUT2D eigenvalue weighted by molar-refractivity contribution is -0.404. The number of nitrogens with zero attached hydrogens (tertiary/aromatic N) is 1. The van der Waals surface area contributed by atoms with Crippen molar-refractivity contribution in [3.05, 3.63) is 22.1 Å². The molecule has 78 valence electrons. The highest BCUT2D eigenvalue weighted by Gasteiger charge is 1.99. The lowest BCUT2D eigenvalue weighted by atomic mass is 10.4. The van der Waals surface area contributed by atoms with E-state index in [1.807, 2.05) is 0 Å². The Balaban J connectivity index is 3.98. The zero-order valence-electron chi connectivity index (χ0n) is 7.69. The predicted molar refractivity (Wildman–Crippen MR) is 58.4 cm³/mol. The Bertz CT molecular complexity index is 247. The standard InChI is InChI=1S/C8H13N3O2S/c1-2-3-4-9-8(7-11(12)13)10-5-6-14/h1,7,9-10,14H,3-6H2. The van der Waals surface area contributed by atoms with E-state index in [0.29, 0.717) is 31.1 Å². The lowest BCUT2D eigenvalue weighted by Gasteiger charge is -2.08. The number of hydrogen-bond donors (Lipinski definition) is 3.